The van der Waals surface area contributed by atoms with Crippen LogP contribution in [0.5, 0.6) is 0 Å². The van der Waals surface area contributed by atoms with Gasteiger partial charge in [0.1, 0.15) is 5.82 Å². The molecule has 1 heterocycles. The van der Waals surface area contributed by atoms with E-state index in [4.69, 9.17) is 5.11 Å². The van der Waals surface area contributed by atoms with Gasteiger partial charge in [0, 0.05) is 6.54 Å². The van der Waals surface area contributed by atoms with Crippen molar-refractivity contribution in [2.24, 2.45) is 0 Å². The Labute approximate surface area is 106 Å². The molecule has 1 aromatic heterocycles. The molecule has 2 aromatic rings. The average Bonchev–Trinajstić information content (AvgIpc) is 2.62. The zero-order chi connectivity index (χ0) is 13.3. The van der Waals surface area contributed by atoms with Gasteiger partial charge in [-0.1, -0.05) is 13.0 Å². The van der Waals surface area contributed by atoms with Gasteiger partial charge in [-0.25, -0.2) is 4.98 Å². The Kier molecular flexibility index (Phi) is 3.36. The van der Waals surface area contributed by atoms with Gasteiger partial charge in [-0.05, 0) is 37.5 Å². The standard InChI is InChI=1S/C14H18N2O2/c1-4-16-10(3)15-12-8-11(5-6-13(12)16)9(2)7-14(17)18/h5-6,8-9H,4,7H2,1-3H3,(H,17,18). The highest BCUT2D eigenvalue weighted by atomic mass is 16.4. The Hall–Kier alpha value is -1.84. The summed E-state index contributed by atoms with van der Waals surface area (Å²) in [6.07, 6.45) is 0.152. The van der Waals surface area contributed by atoms with E-state index in [1.54, 1.807) is 0 Å². The number of fused-ring (bicyclic) bond motifs is 1. The summed E-state index contributed by atoms with van der Waals surface area (Å²) in [5.41, 5.74) is 3.09. The molecular weight excluding hydrogens is 228 g/mol. The fourth-order valence-corrected chi connectivity index (χ4v) is 2.35. The number of aryl methyl sites for hydroxylation is 2. The van der Waals surface area contributed by atoms with Crippen molar-refractivity contribution >= 4 is 17.0 Å². The zero-order valence-electron chi connectivity index (χ0n) is 11.0. The molecule has 0 aliphatic rings. The summed E-state index contributed by atoms with van der Waals surface area (Å²) in [7, 11) is 0. The SMILES string of the molecule is CCn1c(C)nc2cc(C(C)CC(=O)O)ccc21. The third kappa shape index (κ3) is 2.23. The van der Waals surface area contributed by atoms with Crippen molar-refractivity contribution in [3.63, 3.8) is 0 Å². The summed E-state index contributed by atoms with van der Waals surface area (Å²) in [6.45, 7) is 6.91. The molecule has 0 fully saturated rings. The predicted octanol–water partition coefficient (Wildman–Crippen LogP) is 2.94. The van der Waals surface area contributed by atoms with E-state index in [0.29, 0.717) is 0 Å². The van der Waals surface area contributed by atoms with Crippen LogP contribution in [0.4, 0.5) is 0 Å². The van der Waals surface area contributed by atoms with E-state index in [2.05, 4.69) is 16.5 Å². The molecule has 96 valence electrons. The highest BCUT2D eigenvalue weighted by molar-refractivity contribution is 5.77. The molecular formula is C14H18N2O2. The molecule has 4 heteroatoms. The van der Waals surface area contributed by atoms with Crippen molar-refractivity contribution in [1.82, 2.24) is 9.55 Å². The van der Waals surface area contributed by atoms with Crippen LogP contribution in [0, 0.1) is 6.92 Å². The number of rotatable bonds is 4. The number of aromatic nitrogens is 2. The predicted molar refractivity (Wildman–Crippen MR) is 70.8 cm³/mol. The minimum Gasteiger partial charge on any atom is -0.481 e. The lowest BCUT2D eigenvalue weighted by Crippen LogP contribution is -2.02. The lowest BCUT2D eigenvalue weighted by Gasteiger charge is -2.09. The first-order valence-corrected chi connectivity index (χ1v) is 6.21. The van der Waals surface area contributed by atoms with Gasteiger partial charge in [0.05, 0.1) is 17.5 Å². The van der Waals surface area contributed by atoms with Gasteiger partial charge >= 0.3 is 5.97 Å². The largest absolute Gasteiger partial charge is 0.481 e. The fourth-order valence-electron chi connectivity index (χ4n) is 2.35. The molecule has 1 unspecified atom stereocenters. The van der Waals surface area contributed by atoms with E-state index in [1.807, 2.05) is 32.0 Å². The summed E-state index contributed by atoms with van der Waals surface area (Å²) in [4.78, 5) is 15.3. The smallest absolute Gasteiger partial charge is 0.303 e. The molecule has 1 atom stereocenters. The van der Waals surface area contributed by atoms with Crippen LogP contribution in [-0.2, 0) is 11.3 Å². The molecule has 0 saturated heterocycles. The minimum absolute atomic E-state index is 0.0129. The fraction of sp³-hybridized carbons (Fsp3) is 0.429. The minimum atomic E-state index is -0.766. The van der Waals surface area contributed by atoms with E-state index < -0.39 is 5.97 Å². The number of aliphatic carboxylic acids is 1. The lowest BCUT2D eigenvalue weighted by molar-refractivity contribution is -0.137. The molecule has 1 N–H and O–H groups in total. The van der Waals surface area contributed by atoms with Gasteiger partial charge in [-0.3, -0.25) is 4.79 Å². The Morgan fingerprint density at radius 3 is 2.83 bits per heavy atom. The summed E-state index contributed by atoms with van der Waals surface area (Å²) in [5, 5.41) is 8.83. The Morgan fingerprint density at radius 2 is 2.22 bits per heavy atom. The summed E-state index contributed by atoms with van der Waals surface area (Å²) in [5.74, 6) is 0.243. The van der Waals surface area contributed by atoms with Crippen LogP contribution in [-0.4, -0.2) is 20.6 Å². The third-order valence-electron chi connectivity index (χ3n) is 3.33. The van der Waals surface area contributed by atoms with E-state index in [-0.39, 0.29) is 12.3 Å². The van der Waals surface area contributed by atoms with Gasteiger partial charge in [-0.15, -0.1) is 0 Å². The molecule has 0 bridgehead atoms. The molecule has 0 spiro atoms. The molecule has 4 nitrogen and oxygen atoms in total. The van der Waals surface area contributed by atoms with Crippen molar-refractivity contribution in [1.29, 1.82) is 0 Å². The summed E-state index contributed by atoms with van der Waals surface area (Å²) in [6, 6.07) is 6.04. The summed E-state index contributed by atoms with van der Waals surface area (Å²) >= 11 is 0. The second-order valence-electron chi connectivity index (χ2n) is 4.65. The molecule has 0 saturated carbocycles. The van der Waals surface area contributed by atoms with Crippen LogP contribution in [0.2, 0.25) is 0 Å². The molecule has 0 aliphatic heterocycles. The van der Waals surface area contributed by atoms with Gasteiger partial charge in [0.15, 0.2) is 0 Å². The van der Waals surface area contributed by atoms with E-state index in [0.717, 1.165) is 29.0 Å². The van der Waals surface area contributed by atoms with Gasteiger partial charge in [0.25, 0.3) is 0 Å². The first-order chi connectivity index (χ1) is 8.52. The topological polar surface area (TPSA) is 55.1 Å². The van der Waals surface area contributed by atoms with Crippen LogP contribution in [0.3, 0.4) is 0 Å². The number of nitrogens with zero attached hydrogens (tertiary/aromatic N) is 2. The monoisotopic (exact) mass is 246 g/mol. The number of benzene rings is 1. The normalized spacial score (nSPS) is 12.8. The van der Waals surface area contributed by atoms with E-state index in [9.17, 15) is 4.79 Å². The van der Waals surface area contributed by atoms with Crippen molar-refractivity contribution in [3.05, 3.63) is 29.6 Å². The zero-order valence-corrected chi connectivity index (χ0v) is 11.0. The van der Waals surface area contributed by atoms with Gasteiger partial charge in [0.2, 0.25) is 0 Å². The number of hydrogen-bond acceptors (Lipinski definition) is 2. The highest BCUT2D eigenvalue weighted by Gasteiger charge is 2.12. The highest BCUT2D eigenvalue weighted by Crippen LogP contribution is 2.24. The average molecular weight is 246 g/mol. The van der Waals surface area contributed by atoms with E-state index in [1.165, 1.54) is 0 Å². The van der Waals surface area contributed by atoms with Gasteiger partial charge in [-0.2, -0.15) is 0 Å². The molecule has 0 radical (unpaired) electrons. The molecule has 2 rings (SSSR count). The molecule has 0 aliphatic carbocycles. The van der Waals surface area contributed by atoms with Crippen LogP contribution < -0.4 is 0 Å². The Morgan fingerprint density at radius 1 is 1.50 bits per heavy atom. The van der Waals surface area contributed by atoms with E-state index >= 15 is 0 Å². The number of carboxylic acids is 1. The number of carboxylic acid groups (broad SMARTS) is 1. The van der Waals surface area contributed by atoms with Crippen molar-refractivity contribution in [2.45, 2.75) is 39.7 Å². The summed E-state index contributed by atoms with van der Waals surface area (Å²) < 4.78 is 2.15. The second kappa shape index (κ2) is 4.80. The number of carbonyl (C=O) groups is 1. The van der Waals surface area contributed by atoms with Crippen molar-refractivity contribution in [2.75, 3.05) is 0 Å². The van der Waals surface area contributed by atoms with Crippen LogP contribution in [0.25, 0.3) is 11.0 Å². The van der Waals surface area contributed by atoms with Gasteiger partial charge < -0.3 is 9.67 Å². The maximum Gasteiger partial charge on any atom is 0.303 e. The van der Waals surface area contributed by atoms with Crippen molar-refractivity contribution < 1.29 is 9.90 Å². The molecule has 1 aromatic carbocycles. The number of imidazole rings is 1. The first-order valence-electron chi connectivity index (χ1n) is 6.21. The Balaban J connectivity index is 2.42. The maximum atomic E-state index is 10.7. The van der Waals surface area contributed by atoms with Crippen molar-refractivity contribution in [3.8, 4) is 0 Å². The molecule has 0 amide bonds. The second-order valence-corrected chi connectivity index (χ2v) is 4.65. The number of hydrogen-bond donors (Lipinski definition) is 1. The quantitative estimate of drug-likeness (QED) is 0.902. The van der Waals surface area contributed by atoms with Crippen LogP contribution in [0.1, 0.15) is 37.6 Å². The third-order valence-corrected chi connectivity index (χ3v) is 3.33. The Bertz CT molecular complexity index is 587. The maximum absolute atomic E-state index is 10.7. The molecule has 18 heavy (non-hydrogen) atoms. The first kappa shape index (κ1) is 12.6. The van der Waals surface area contributed by atoms with Crippen LogP contribution in [0.15, 0.2) is 18.2 Å². The van der Waals surface area contributed by atoms with Crippen LogP contribution >= 0.6 is 0 Å². The lowest BCUT2D eigenvalue weighted by atomic mass is 9.97.